The van der Waals surface area contributed by atoms with Gasteiger partial charge in [-0.3, -0.25) is 9.78 Å². The Labute approximate surface area is 140 Å². The third-order valence-corrected chi connectivity index (χ3v) is 3.95. The molecular formula is C17H10ClFN4O. The smallest absolute Gasteiger partial charge is 0.260 e. The highest BCUT2D eigenvalue weighted by molar-refractivity contribution is 6.30. The van der Waals surface area contributed by atoms with E-state index in [1.165, 1.54) is 18.5 Å². The fourth-order valence-electron chi connectivity index (χ4n) is 2.63. The lowest BCUT2D eigenvalue weighted by atomic mass is 10.0. The summed E-state index contributed by atoms with van der Waals surface area (Å²) in [6.45, 7) is 0. The van der Waals surface area contributed by atoms with Gasteiger partial charge >= 0.3 is 0 Å². The van der Waals surface area contributed by atoms with E-state index in [4.69, 9.17) is 11.6 Å². The van der Waals surface area contributed by atoms with E-state index in [1.54, 1.807) is 40.9 Å². The zero-order valence-electron chi connectivity index (χ0n) is 12.2. The van der Waals surface area contributed by atoms with Crippen LogP contribution in [-0.2, 0) is 0 Å². The van der Waals surface area contributed by atoms with E-state index in [9.17, 15) is 9.18 Å². The molecule has 0 aliphatic carbocycles. The SMILES string of the molecule is O=c1[nH]c2ncnn2c(-c2ccc(Cl)cc2)c1-c1ccc(F)cc1. The maximum Gasteiger partial charge on any atom is 0.260 e. The molecule has 4 aromatic rings. The highest BCUT2D eigenvalue weighted by atomic mass is 35.5. The number of fused-ring (bicyclic) bond motifs is 1. The standard InChI is InChI=1S/C17H10ClFN4O/c18-12-5-1-11(2-6-12)15-14(10-3-7-13(19)8-4-10)16(24)22-17-20-9-21-23(15)17/h1-9H,(H,20,21,22,24). The Balaban J connectivity index is 2.10. The van der Waals surface area contributed by atoms with Crippen molar-refractivity contribution in [1.82, 2.24) is 19.6 Å². The zero-order chi connectivity index (χ0) is 16.7. The summed E-state index contributed by atoms with van der Waals surface area (Å²) in [5, 5.41) is 4.78. The topological polar surface area (TPSA) is 63.0 Å². The largest absolute Gasteiger partial charge is 0.290 e. The molecule has 1 N–H and O–H groups in total. The minimum atomic E-state index is -0.370. The number of nitrogens with one attached hydrogen (secondary N) is 1. The third kappa shape index (κ3) is 2.37. The Bertz CT molecular complexity index is 1080. The molecule has 118 valence electrons. The summed E-state index contributed by atoms with van der Waals surface area (Å²) in [6, 6.07) is 12.8. The molecule has 0 saturated heterocycles. The lowest BCUT2D eigenvalue weighted by Gasteiger charge is -2.11. The van der Waals surface area contributed by atoms with Crippen molar-refractivity contribution in [1.29, 1.82) is 0 Å². The second kappa shape index (κ2) is 5.58. The first kappa shape index (κ1) is 14.6. The Morgan fingerprint density at radius 1 is 1.00 bits per heavy atom. The van der Waals surface area contributed by atoms with Crippen molar-refractivity contribution in [2.75, 3.05) is 0 Å². The molecule has 5 nitrogen and oxygen atoms in total. The third-order valence-electron chi connectivity index (χ3n) is 3.70. The molecule has 0 aliphatic heterocycles. The van der Waals surface area contributed by atoms with E-state index in [2.05, 4.69) is 15.1 Å². The second-order valence-corrected chi connectivity index (χ2v) is 5.62. The Hall–Kier alpha value is -2.99. The van der Waals surface area contributed by atoms with Crippen molar-refractivity contribution >= 4 is 17.4 Å². The molecule has 0 aliphatic rings. The maximum absolute atomic E-state index is 13.2. The van der Waals surface area contributed by atoms with Crippen LogP contribution in [0.5, 0.6) is 0 Å². The zero-order valence-corrected chi connectivity index (χ0v) is 13.0. The van der Waals surface area contributed by atoms with Gasteiger partial charge in [-0.1, -0.05) is 35.9 Å². The number of aromatic amines is 1. The van der Waals surface area contributed by atoms with Crippen molar-refractivity contribution in [3.05, 3.63) is 76.1 Å². The van der Waals surface area contributed by atoms with Gasteiger partial charge in [0.15, 0.2) is 0 Å². The molecule has 2 aromatic carbocycles. The van der Waals surface area contributed by atoms with E-state index < -0.39 is 0 Å². The molecule has 0 bridgehead atoms. The quantitative estimate of drug-likeness (QED) is 0.607. The molecule has 0 unspecified atom stereocenters. The lowest BCUT2D eigenvalue weighted by molar-refractivity contribution is 0.628. The predicted octanol–water partition coefficient (Wildman–Crippen LogP) is 3.54. The average molecular weight is 341 g/mol. The Morgan fingerprint density at radius 2 is 1.67 bits per heavy atom. The van der Waals surface area contributed by atoms with Crippen LogP contribution in [0.4, 0.5) is 4.39 Å². The lowest BCUT2D eigenvalue weighted by Crippen LogP contribution is -2.15. The molecular weight excluding hydrogens is 331 g/mol. The minimum absolute atomic E-state index is 0.327. The first-order valence-corrected chi connectivity index (χ1v) is 7.49. The fraction of sp³-hybridized carbons (Fsp3) is 0. The minimum Gasteiger partial charge on any atom is -0.290 e. The van der Waals surface area contributed by atoms with Gasteiger partial charge in [0.2, 0.25) is 5.78 Å². The van der Waals surface area contributed by atoms with Gasteiger partial charge < -0.3 is 0 Å². The van der Waals surface area contributed by atoms with Gasteiger partial charge in [-0.05, 0) is 29.8 Å². The van der Waals surface area contributed by atoms with Crippen molar-refractivity contribution in [2.45, 2.75) is 0 Å². The van der Waals surface area contributed by atoms with Crippen LogP contribution in [0.1, 0.15) is 0 Å². The average Bonchev–Trinajstić information content (AvgIpc) is 3.03. The molecule has 0 atom stereocenters. The predicted molar refractivity (Wildman–Crippen MR) is 89.4 cm³/mol. The van der Waals surface area contributed by atoms with Crippen LogP contribution < -0.4 is 5.56 Å². The molecule has 0 amide bonds. The van der Waals surface area contributed by atoms with E-state index in [-0.39, 0.29) is 11.4 Å². The molecule has 2 aromatic heterocycles. The molecule has 2 heterocycles. The van der Waals surface area contributed by atoms with Gasteiger partial charge in [-0.25, -0.2) is 4.39 Å². The molecule has 0 saturated carbocycles. The van der Waals surface area contributed by atoms with Crippen molar-refractivity contribution in [3.63, 3.8) is 0 Å². The van der Waals surface area contributed by atoms with Gasteiger partial charge in [0.25, 0.3) is 5.56 Å². The van der Waals surface area contributed by atoms with Crippen LogP contribution in [0.2, 0.25) is 5.02 Å². The van der Waals surface area contributed by atoms with Crippen LogP contribution in [0.25, 0.3) is 28.2 Å². The van der Waals surface area contributed by atoms with Gasteiger partial charge in [-0.2, -0.15) is 14.6 Å². The first-order valence-electron chi connectivity index (χ1n) is 7.11. The first-order chi connectivity index (χ1) is 11.6. The number of nitrogens with zero attached hydrogens (tertiary/aromatic N) is 3. The summed E-state index contributed by atoms with van der Waals surface area (Å²) in [6.07, 6.45) is 1.36. The number of benzene rings is 2. The van der Waals surface area contributed by atoms with Crippen molar-refractivity contribution in [2.24, 2.45) is 0 Å². The van der Waals surface area contributed by atoms with Gasteiger partial charge in [0, 0.05) is 10.6 Å². The highest BCUT2D eigenvalue weighted by Gasteiger charge is 2.17. The van der Waals surface area contributed by atoms with Crippen LogP contribution in [0.3, 0.4) is 0 Å². The van der Waals surface area contributed by atoms with E-state index in [0.717, 1.165) is 5.56 Å². The molecule has 24 heavy (non-hydrogen) atoms. The molecule has 7 heteroatoms. The van der Waals surface area contributed by atoms with E-state index in [1.807, 2.05) is 0 Å². The van der Waals surface area contributed by atoms with Crippen LogP contribution in [-0.4, -0.2) is 19.6 Å². The number of halogens is 2. The Morgan fingerprint density at radius 3 is 2.38 bits per heavy atom. The molecule has 0 spiro atoms. The molecule has 0 radical (unpaired) electrons. The van der Waals surface area contributed by atoms with Gasteiger partial charge in [0.1, 0.15) is 12.1 Å². The maximum atomic E-state index is 13.2. The monoisotopic (exact) mass is 340 g/mol. The molecule has 4 rings (SSSR count). The molecule has 0 fully saturated rings. The number of rotatable bonds is 2. The summed E-state index contributed by atoms with van der Waals surface area (Å²) in [5.41, 5.74) is 1.96. The second-order valence-electron chi connectivity index (χ2n) is 5.19. The number of hydrogen-bond donors (Lipinski definition) is 1. The highest BCUT2D eigenvalue weighted by Crippen LogP contribution is 2.30. The summed E-state index contributed by atoms with van der Waals surface area (Å²) >= 11 is 5.96. The summed E-state index contributed by atoms with van der Waals surface area (Å²) < 4.78 is 14.8. The number of aromatic nitrogens is 4. The summed E-state index contributed by atoms with van der Waals surface area (Å²) in [4.78, 5) is 19.4. The van der Waals surface area contributed by atoms with Crippen molar-refractivity contribution < 1.29 is 4.39 Å². The van der Waals surface area contributed by atoms with E-state index in [0.29, 0.717) is 27.6 Å². The van der Waals surface area contributed by atoms with Crippen molar-refractivity contribution in [3.8, 4) is 22.4 Å². The summed E-state index contributed by atoms with van der Waals surface area (Å²) in [7, 11) is 0. The fourth-order valence-corrected chi connectivity index (χ4v) is 2.75. The number of hydrogen-bond acceptors (Lipinski definition) is 3. The van der Waals surface area contributed by atoms with Crippen LogP contribution in [0.15, 0.2) is 59.7 Å². The van der Waals surface area contributed by atoms with Gasteiger partial charge in [0.05, 0.1) is 11.3 Å². The van der Waals surface area contributed by atoms with Crippen LogP contribution >= 0.6 is 11.6 Å². The summed E-state index contributed by atoms with van der Waals surface area (Å²) in [5.74, 6) is -0.0409. The normalized spacial score (nSPS) is 11.1. The van der Waals surface area contributed by atoms with E-state index >= 15 is 0 Å². The van der Waals surface area contributed by atoms with Crippen LogP contribution in [0, 0.1) is 5.82 Å². The van der Waals surface area contributed by atoms with Gasteiger partial charge in [-0.15, -0.1) is 0 Å². The number of H-pyrrole nitrogens is 1. The Kier molecular flexibility index (Phi) is 3.39.